The molecule has 2 aromatic heterocycles. The Morgan fingerprint density at radius 2 is 1.00 bits per heavy atom. The SMILES string of the molecule is CC(=CCCC(C)=CCCc1ccoc1)CCC=C(C)CCC=C(C)CCCc1ccoc1. The van der Waals surface area contributed by atoms with E-state index in [4.69, 9.17) is 8.83 Å². The molecule has 0 fully saturated rings. The minimum Gasteiger partial charge on any atom is -0.472 e. The molecule has 0 unspecified atom stereocenters. The van der Waals surface area contributed by atoms with Gasteiger partial charge in [-0.2, -0.15) is 0 Å². The highest BCUT2D eigenvalue weighted by atomic mass is 16.3. The Kier molecular flexibility index (Phi) is 13.1. The molecule has 2 rings (SSSR count). The second kappa shape index (κ2) is 16.2. The molecule has 0 aromatic carbocycles. The fourth-order valence-electron chi connectivity index (χ4n) is 3.97. The second-order valence-corrected chi connectivity index (χ2v) is 9.47. The third-order valence-electron chi connectivity index (χ3n) is 6.22. The van der Waals surface area contributed by atoms with E-state index in [1.165, 1.54) is 59.1 Å². The molecule has 0 bridgehead atoms. The van der Waals surface area contributed by atoms with Gasteiger partial charge in [0.2, 0.25) is 0 Å². The average molecular weight is 449 g/mol. The lowest BCUT2D eigenvalue weighted by Crippen LogP contribution is -1.85. The van der Waals surface area contributed by atoms with Crippen molar-refractivity contribution in [3.8, 4) is 0 Å². The monoisotopic (exact) mass is 448 g/mol. The highest BCUT2D eigenvalue weighted by Gasteiger charge is 1.97. The topological polar surface area (TPSA) is 26.3 Å². The number of hydrogen-bond acceptors (Lipinski definition) is 2. The fraction of sp³-hybridized carbons (Fsp3) is 0.484. The molecule has 0 atom stereocenters. The van der Waals surface area contributed by atoms with Gasteiger partial charge in [-0.15, -0.1) is 0 Å². The van der Waals surface area contributed by atoms with E-state index in [9.17, 15) is 0 Å². The predicted molar refractivity (Wildman–Crippen MR) is 141 cm³/mol. The van der Waals surface area contributed by atoms with Gasteiger partial charge in [0.15, 0.2) is 0 Å². The normalized spacial score (nSPS) is 13.7. The summed E-state index contributed by atoms with van der Waals surface area (Å²) in [5, 5.41) is 0. The first kappa shape index (κ1) is 26.8. The summed E-state index contributed by atoms with van der Waals surface area (Å²) in [6.45, 7) is 9.06. The smallest absolute Gasteiger partial charge is 0.0934 e. The number of rotatable bonds is 16. The van der Waals surface area contributed by atoms with Gasteiger partial charge in [0.25, 0.3) is 0 Å². The molecule has 33 heavy (non-hydrogen) atoms. The second-order valence-electron chi connectivity index (χ2n) is 9.47. The molecule has 2 heterocycles. The summed E-state index contributed by atoms with van der Waals surface area (Å²) in [7, 11) is 0. The van der Waals surface area contributed by atoms with Crippen molar-refractivity contribution in [1.29, 1.82) is 0 Å². The Labute approximate surface area is 202 Å². The molecule has 0 aliphatic rings. The van der Waals surface area contributed by atoms with Crippen LogP contribution in [-0.4, -0.2) is 0 Å². The zero-order chi connectivity index (χ0) is 23.7. The number of aryl methyl sites for hydroxylation is 2. The molecule has 0 aliphatic heterocycles. The van der Waals surface area contributed by atoms with Gasteiger partial charge in [0.05, 0.1) is 25.1 Å². The van der Waals surface area contributed by atoms with Crippen molar-refractivity contribution in [2.75, 3.05) is 0 Å². The lowest BCUT2D eigenvalue weighted by Gasteiger charge is -2.04. The lowest BCUT2D eigenvalue weighted by atomic mass is 10.0. The van der Waals surface area contributed by atoms with Crippen LogP contribution in [-0.2, 0) is 12.8 Å². The summed E-state index contributed by atoms with van der Waals surface area (Å²) < 4.78 is 10.3. The van der Waals surface area contributed by atoms with Crippen LogP contribution in [0.3, 0.4) is 0 Å². The molecule has 2 heteroatoms. The van der Waals surface area contributed by atoms with Crippen LogP contribution in [0.15, 0.2) is 92.6 Å². The minimum absolute atomic E-state index is 1.07. The van der Waals surface area contributed by atoms with Crippen molar-refractivity contribution in [1.82, 2.24) is 0 Å². The first-order valence-electron chi connectivity index (χ1n) is 12.7. The van der Waals surface area contributed by atoms with E-state index in [-0.39, 0.29) is 0 Å². The van der Waals surface area contributed by atoms with Crippen LogP contribution in [0.25, 0.3) is 0 Å². The molecular weight excluding hydrogens is 404 g/mol. The maximum absolute atomic E-state index is 5.13. The standard InChI is InChI=1S/C31H44O2/c1-26(12-6-14-28(3)16-8-18-30-20-22-32-24-30)10-5-11-27(2)13-7-15-29(4)17-9-19-31-21-23-33-25-31/h10,13-14,17,20-25H,5-9,11-12,15-16,18-19H2,1-4H3. The zero-order valence-corrected chi connectivity index (χ0v) is 21.4. The molecule has 180 valence electrons. The van der Waals surface area contributed by atoms with Gasteiger partial charge in [-0.25, -0.2) is 0 Å². The first-order chi connectivity index (χ1) is 16.0. The molecule has 0 N–H and O–H groups in total. The summed E-state index contributed by atoms with van der Waals surface area (Å²) >= 11 is 0. The lowest BCUT2D eigenvalue weighted by molar-refractivity contribution is 0.563. The van der Waals surface area contributed by atoms with Gasteiger partial charge in [0.1, 0.15) is 0 Å². The van der Waals surface area contributed by atoms with E-state index in [0.29, 0.717) is 0 Å². The van der Waals surface area contributed by atoms with Crippen LogP contribution in [0.5, 0.6) is 0 Å². The first-order valence-corrected chi connectivity index (χ1v) is 12.7. The highest BCUT2D eigenvalue weighted by Crippen LogP contribution is 2.16. The van der Waals surface area contributed by atoms with Crippen molar-refractivity contribution < 1.29 is 8.83 Å². The summed E-state index contributed by atoms with van der Waals surface area (Å²) in [6.07, 6.45) is 29.4. The van der Waals surface area contributed by atoms with Gasteiger partial charge >= 0.3 is 0 Å². The van der Waals surface area contributed by atoms with Crippen molar-refractivity contribution >= 4 is 0 Å². The van der Waals surface area contributed by atoms with Gasteiger partial charge < -0.3 is 8.83 Å². The van der Waals surface area contributed by atoms with Crippen LogP contribution < -0.4 is 0 Å². The number of furan rings is 2. The van der Waals surface area contributed by atoms with Crippen molar-refractivity contribution in [3.63, 3.8) is 0 Å². The molecule has 0 aliphatic carbocycles. The number of hydrogen-bond donors (Lipinski definition) is 0. The molecule has 2 aromatic rings. The average Bonchev–Trinajstić information content (AvgIpc) is 3.48. The zero-order valence-electron chi connectivity index (χ0n) is 21.4. The molecule has 0 saturated carbocycles. The summed E-state index contributed by atoms with van der Waals surface area (Å²) in [5.41, 5.74) is 8.61. The summed E-state index contributed by atoms with van der Waals surface area (Å²) in [4.78, 5) is 0. The van der Waals surface area contributed by atoms with E-state index < -0.39 is 0 Å². The molecule has 0 radical (unpaired) electrons. The van der Waals surface area contributed by atoms with Gasteiger partial charge in [-0.3, -0.25) is 0 Å². The quantitative estimate of drug-likeness (QED) is 0.239. The van der Waals surface area contributed by atoms with Crippen LogP contribution in [0.1, 0.15) is 96.6 Å². The Bertz CT molecular complexity index is 874. The Morgan fingerprint density at radius 3 is 1.45 bits per heavy atom. The van der Waals surface area contributed by atoms with E-state index in [1.54, 1.807) is 12.5 Å². The molecular formula is C31H44O2. The van der Waals surface area contributed by atoms with Crippen molar-refractivity contribution in [3.05, 3.63) is 94.9 Å². The Balaban J connectivity index is 1.54. The summed E-state index contributed by atoms with van der Waals surface area (Å²) in [6, 6.07) is 4.11. The van der Waals surface area contributed by atoms with Crippen LogP contribution in [0.4, 0.5) is 0 Å². The molecule has 2 nitrogen and oxygen atoms in total. The highest BCUT2D eigenvalue weighted by molar-refractivity contribution is 5.10. The minimum atomic E-state index is 1.07. The maximum Gasteiger partial charge on any atom is 0.0934 e. The third-order valence-corrected chi connectivity index (χ3v) is 6.22. The molecule has 0 saturated heterocycles. The van der Waals surface area contributed by atoms with Crippen LogP contribution in [0, 0.1) is 0 Å². The van der Waals surface area contributed by atoms with Crippen molar-refractivity contribution in [2.45, 2.75) is 98.3 Å². The number of allylic oxidation sites excluding steroid dienone is 8. The Morgan fingerprint density at radius 1 is 0.576 bits per heavy atom. The van der Waals surface area contributed by atoms with Crippen LogP contribution in [0.2, 0.25) is 0 Å². The Hall–Kier alpha value is -2.48. The third kappa shape index (κ3) is 13.0. The molecule has 0 spiro atoms. The van der Waals surface area contributed by atoms with Gasteiger partial charge in [0, 0.05) is 0 Å². The predicted octanol–water partition coefficient (Wildman–Crippen LogP) is 9.95. The van der Waals surface area contributed by atoms with E-state index in [2.05, 4.69) is 64.1 Å². The van der Waals surface area contributed by atoms with Gasteiger partial charge in [-0.1, -0.05) is 46.6 Å². The van der Waals surface area contributed by atoms with E-state index in [1.807, 2.05) is 12.5 Å². The maximum atomic E-state index is 5.13. The van der Waals surface area contributed by atoms with E-state index in [0.717, 1.165) is 44.9 Å². The van der Waals surface area contributed by atoms with Crippen LogP contribution >= 0.6 is 0 Å². The van der Waals surface area contributed by atoms with Crippen molar-refractivity contribution in [2.24, 2.45) is 0 Å². The van der Waals surface area contributed by atoms with Gasteiger partial charge in [-0.05, 0) is 122 Å². The fourth-order valence-corrected chi connectivity index (χ4v) is 3.97. The largest absolute Gasteiger partial charge is 0.472 e. The van der Waals surface area contributed by atoms with E-state index >= 15 is 0 Å². The summed E-state index contributed by atoms with van der Waals surface area (Å²) in [5.74, 6) is 0. The molecule has 0 amide bonds.